The highest BCUT2D eigenvalue weighted by Gasteiger charge is 2.13. The van der Waals surface area contributed by atoms with E-state index in [-0.39, 0.29) is 12.5 Å². The van der Waals surface area contributed by atoms with Gasteiger partial charge in [-0.2, -0.15) is 0 Å². The predicted octanol–water partition coefficient (Wildman–Crippen LogP) is 4.40. The van der Waals surface area contributed by atoms with Crippen molar-refractivity contribution in [1.82, 2.24) is 9.55 Å². The molecule has 124 valence electrons. The molecular weight excluding hydrogens is 318 g/mol. The Bertz CT molecular complexity index is 885. The third kappa shape index (κ3) is 3.46. The fourth-order valence-corrected chi connectivity index (χ4v) is 3.35. The summed E-state index contributed by atoms with van der Waals surface area (Å²) in [5.41, 5.74) is 5.13. The first kappa shape index (κ1) is 16.6. The van der Waals surface area contributed by atoms with Crippen molar-refractivity contribution in [3.8, 4) is 0 Å². The number of imidazole rings is 1. The Balaban J connectivity index is 1.84. The smallest absolute Gasteiger partial charge is 0.244 e. The minimum atomic E-state index is -0.0423. The summed E-state index contributed by atoms with van der Waals surface area (Å²) in [4.78, 5) is 17.1. The van der Waals surface area contributed by atoms with E-state index in [1.807, 2.05) is 54.0 Å². The number of aryl methyl sites for hydroxylation is 2. The molecule has 2 aromatic carbocycles. The molecule has 1 aromatic heterocycles. The number of nitrogens with zero attached hydrogens (tertiary/aromatic N) is 2. The van der Waals surface area contributed by atoms with Crippen LogP contribution >= 0.6 is 11.8 Å². The van der Waals surface area contributed by atoms with E-state index in [4.69, 9.17) is 0 Å². The molecule has 0 aliphatic heterocycles. The van der Waals surface area contributed by atoms with Gasteiger partial charge in [-0.3, -0.25) is 4.79 Å². The lowest BCUT2D eigenvalue weighted by molar-refractivity contribution is -0.116. The average Bonchev–Trinajstić information content (AvgIpc) is 2.89. The third-order valence-electron chi connectivity index (χ3n) is 3.99. The van der Waals surface area contributed by atoms with Gasteiger partial charge >= 0.3 is 0 Å². The number of hydrogen-bond donors (Lipinski definition) is 1. The van der Waals surface area contributed by atoms with Gasteiger partial charge in [0.2, 0.25) is 5.91 Å². The average molecular weight is 339 g/mol. The van der Waals surface area contributed by atoms with Crippen LogP contribution in [0.4, 0.5) is 5.69 Å². The van der Waals surface area contributed by atoms with Gasteiger partial charge in [-0.1, -0.05) is 36.9 Å². The van der Waals surface area contributed by atoms with Gasteiger partial charge in [-0.25, -0.2) is 4.98 Å². The van der Waals surface area contributed by atoms with Gasteiger partial charge in [-0.05, 0) is 55.0 Å². The van der Waals surface area contributed by atoms with Gasteiger partial charge in [0, 0.05) is 5.69 Å². The van der Waals surface area contributed by atoms with E-state index in [9.17, 15) is 4.79 Å². The second kappa shape index (κ2) is 7.09. The van der Waals surface area contributed by atoms with Crippen LogP contribution in [0, 0.1) is 13.8 Å². The van der Waals surface area contributed by atoms with Crippen LogP contribution in [0.3, 0.4) is 0 Å². The van der Waals surface area contributed by atoms with Crippen LogP contribution in [0.25, 0.3) is 11.0 Å². The normalized spacial score (nSPS) is 11.0. The van der Waals surface area contributed by atoms with Gasteiger partial charge < -0.3 is 9.88 Å². The van der Waals surface area contributed by atoms with Gasteiger partial charge in [0.15, 0.2) is 5.16 Å². The van der Waals surface area contributed by atoms with Crippen molar-refractivity contribution in [3.63, 3.8) is 0 Å². The minimum Gasteiger partial charge on any atom is -0.325 e. The maximum absolute atomic E-state index is 12.5. The van der Waals surface area contributed by atoms with E-state index >= 15 is 0 Å². The minimum absolute atomic E-state index is 0.0423. The molecule has 0 aliphatic carbocycles. The molecule has 4 nitrogen and oxygen atoms in total. The van der Waals surface area contributed by atoms with Crippen LogP contribution in [0.5, 0.6) is 0 Å². The summed E-state index contributed by atoms with van der Waals surface area (Å²) in [5.74, 6) is 0.876. The maximum atomic E-state index is 12.5. The summed E-state index contributed by atoms with van der Waals surface area (Å²) in [6.45, 7) is 6.45. The highest BCUT2D eigenvalue weighted by molar-refractivity contribution is 7.99. The van der Waals surface area contributed by atoms with E-state index < -0.39 is 0 Å². The lowest BCUT2D eigenvalue weighted by atomic mass is 10.1. The van der Waals surface area contributed by atoms with Crippen LogP contribution in [-0.4, -0.2) is 21.2 Å². The number of fused-ring (bicyclic) bond motifs is 1. The molecule has 1 heterocycles. The van der Waals surface area contributed by atoms with Gasteiger partial charge in [0.1, 0.15) is 6.54 Å². The molecule has 0 saturated heterocycles. The number of amides is 1. The van der Waals surface area contributed by atoms with E-state index in [2.05, 4.69) is 24.1 Å². The van der Waals surface area contributed by atoms with Crippen molar-refractivity contribution in [2.24, 2.45) is 0 Å². The molecule has 3 aromatic rings. The zero-order valence-electron chi connectivity index (χ0n) is 14.2. The standard InChI is InChI=1S/C19H21N3OS/c1-4-24-19-21-16-7-5-6-8-17(16)22(19)12-18(23)20-15-10-9-13(2)14(3)11-15/h5-11H,4,12H2,1-3H3,(H,20,23). The SMILES string of the molecule is CCSc1nc2ccccc2n1CC(=O)Nc1ccc(C)c(C)c1. The van der Waals surface area contributed by atoms with Crippen LogP contribution in [-0.2, 0) is 11.3 Å². The molecular formula is C19H21N3OS. The van der Waals surface area contributed by atoms with Crippen molar-refractivity contribution in [3.05, 3.63) is 53.6 Å². The number of nitrogens with one attached hydrogen (secondary N) is 1. The molecule has 5 heteroatoms. The van der Waals surface area contributed by atoms with Crippen molar-refractivity contribution < 1.29 is 4.79 Å². The molecule has 0 spiro atoms. The topological polar surface area (TPSA) is 46.9 Å². The molecule has 0 fully saturated rings. The van der Waals surface area contributed by atoms with Crippen LogP contribution < -0.4 is 5.32 Å². The Hall–Kier alpha value is -2.27. The monoisotopic (exact) mass is 339 g/mol. The summed E-state index contributed by atoms with van der Waals surface area (Å²) in [6, 6.07) is 13.9. The Kier molecular flexibility index (Phi) is 4.90. The fourth-order valence-electron chi connectivity index (χ4n) is 2.61. The lowest BCUT2D eigenvalue weighted by Crippen LogP contribution is -2.19. The van der Waals surface area contributed by atoms with Crippen molar-refractivity contribution in [1.29, 1.82) is 0 Å². The molecule has 0 aliphatic rings. The Labute approximate surface area is 146 Å². The zero-order chi connectivity index (χ0) is 17.1. The first-order valence-corrected chi connectivity index (χ1v) is 9.02. The molecule has 0 saturated carbocycles. The molecule has 0 radical (unpaired) electrons. The first-order valence-electron chi connectivity index (χ1n) is 8.03. The predicted molar refractivity (Wildman–Crippen MR) is 101 cm³/mol. The highest BCUT2D eigenvalue weighted by atomic mass is 32.2. The molecule has 0 atom stereocenters. The summed E-state index contributed by atoms with van der Waals surface area (Å²) >= 11 is 1.65. The summed E-state index contributed by atoms with van der Waals surface area (Å²) in [6.07, 6.45) is 0. The molecule has 1 N–H and O–H groups in total. The third-order valence-corrected chi connectivity index (χ3v) is 4.84. The Morgan fingerprint density at radius 1 is 1.17 bits per heavy atom. The quantitative estimate of drug-likeness (QED) is 0.701. The lowest BCUT2D eigenvalue weighted by Gasteiger charge is -2.10. The Morgan fingerprint density at radius 2 is 1.96 bits per heavy atom. The second-order valence-corrected chi connectivity index (χ2v) is 6.98. The number of rotatable bonds is 5. The highest BCUT2D eigenvalue weighted by Crippen LogP contribution is 2.24. The van der Waals surface area contributed by atoms with Crippen LogP contribution in [0.2, 0.25) is 0 Å². The zero-order valence-corrected chi connectivity index (χ0v) is 15.0. The molecule has 1 amide bonds. The number of benzene rings is 2. The number of thioether (sulfide) groups is 1. The molecule has 0 unspecified atom stereocenters. The second-order valence-electron chi connectivity index (χ2n) is 5.75. The molecule has 24 heavy (non-hydrogen) atoms. The Morgan fingerprint density at radius 3 is 2.71 bits per heavy atom. The van der Waals surface area contributed by atoms with Crippen molar-refractivity contribution >= 4 is 34.4 Å². The van der Waals surface area contributed by atoms with Crippen LogP contribution in [0.1, 0.15) is 18.1 Å². The number of carbonyl (C=O) groups is 1. The maximum Gasteiger partial charge on any atom is 0.244 e. The van der Waals surface area contributed by atoms with E-state index in [1.165, 1.54) is 11.1 Å². The largest absolute Gasteiger partial charge is 0.325 e. The van der Waals surface area contributed by atoms with E-state index in [1.54, 1.807) is 11.8 Å². The van der Waals surface area contributed by atoms with Crippen molar-refractivity contribution in [2.75, 3.05) is 11.1 Å². The van der Waals surface area contributed by atoms with E-state index in [0.29, 0.717) is 0 Å². The number of aromatic nitrogens is 2. The van der Waals surface area contributed by atoms with Gasteiger partial charge in [0.05, 0.1) is 11.0 Å². The summed E-state index contributed by atoms with van der Waals surface area (Å²) in [7, 11) is 0. The van der Waals surface area contributed by atoms with E-state index in [0.717, 1.165) is 27.6 Å². The van der Waals surface area contributed by atoms with Crippen molar-refractivity contribution in [2.45, 2.75) is 32.5 Å². The van der Waals surface area contributed by atoms with Gasteiger partial charge in [0.25, 0.3) is 0 Å². The summed E-state index contributed by atoms with van der Waals surface area (Å²) < 4.78 is 1.99. The van der Waals surface area contributed by atoms with Crippen LogP contribution in [0.15, 0.2) is 47.6 Å². The van der Waals surface area contributed by atoms with Gasteiger partial charge in [-0.15, -0.1) is 0 Å². The first-order chi connectivity index (χ1) is 11.6. The number of carbonyl (C=O) groups excluding carboxylic acids is 1. The number of anilines is 1. The summed E-state index contributed by atoms with van der Waals surface area (Å²) in [5, 5.41) is 3.87. The number of hydrogen-bond acceptors (Lipinski definition) is 3. The fraction of sp³-hybridized carbons (Fsp3) is 0.263. The number of para-hydroxylation sites is 2. The molecule has 3 rings (SSSR count). The molecule has 0 bridgehead atoms.